The molecule has 2 aromatic rings. The summed E-state index contributed by atoms with van der Waals surface area (Å²) in [7, 11) is 0. The van der Waals surface area contributed by atoms with Gasteiger partial charge in [-0.05, 0) is 42.6 Å². The lowest BCUT2D eigenvalue weighted by Crippen LogP contribution is -2.39. The van der Waals surface area contributed by atoms with Crippen LogP contribution in [0.5, 0.6) is 0 Å². The molecule has 0 spiro atoms. The van der Waals surface area contributed by atoms with E-state index in [0.717, 1.165) is 9.78 Å². The van der Waals surface area contributed by atoms with Crippen LogP contribution in [0.2, 0.25) is 0 Å². The standard InChI is InChI=1S/C18H18FN3O3S/c1-2-20-16(23)10-15-17(24)22(13-7-5-12(19)6-8-13)18(25)21(15)11-14-4-3-9-26-14/h3-9,15H,2,10-11H2,1H3,(H,20,23)/t15-/m1/s1. The van der Waals surface area contributed by atoms with Gasteiger partial charge in [0.25, 0.3) is 5.91 Å². The van der Waals surface area contributed by atoms with Crippen LogP contribution in [0.15, 0.2) is 41.8 Å². The maximum absolute atomic E-state index is 13.2. The molecule has 1 aromatic heterocycles. The van der Waals surface area contributed by atoms with Crippen molar-refractivity contribution in [1.82, 2.24) is 10.2 Å². The number of nitrogens with one attached hydrogen (secondary N) is 1. The van der Waals surface area contributed by atoms with E-state index in [1.807, 2.05) is 17.5 Å². The van der Waals surface area contributed by atoms with Crippen molar-refractivity contribution < 1.29 is 18.8 Å². The number of urea groups is 1. The lowest BCUT2D eigenvalue weighted by Gasteiger charge is -2.20. The lowest BCUT2D eigenvalue weighted by molar-refractivity contribution is -0.127. The third kappa shape index (κ3) is 3.60. The molecule has 8 heteroatoms. The number of hydrogen-bond acceptors (Lipinski definition) is 4. The number of halogens is 1. The van der Waals surface area contributed by atoms with Gasteiger partial charge in [0.05, 0.1) is 18.7 Å². The van der Waals surface area contributed by atoms with Crippen LogP contribution in [0.3, 0.4) is 0 Å². The van der Waals surface area contributed by atoms with Gasteiger partial charge in [-0.25, -0.2) is 14.1 Å². The third-order valence-corrected chi connectivity index (χ3v) is 4.92. The molecule has 6 nitrogen and oxygen atoms in total. The molecule has 4 amide bonds. The molecule has 136 valence electrons. The number of imide groups is 1. The Bertz CT molecular complexity index is 808. The van der Waals surface area contributed by atoms with Gasteiger partial charge in [0.1, 0.15) is 11.9 Å². The van der Waals surface area contributed by atoms with E-state index >= 15 is 0 Å². The smallest absolute Gasteiger partial charge is 0.332 e. The summed E-state index contributed by atoms with van der Waals surface area (Å²) in [6.45, 7) is 2.47. The summed E-state index contributed by atoms with van der Waals surface area (Å²) in [6, 6.07) is 7.47. The summed E-state index contributed by atoms with van der Waals surface area (Å²) >= 11 is 1.47. The average molecular weight is 375 g/mol. The first-order valence-corrected chi connectivity index (χ1v) is 9.08. The zero-order chi connectivity index (χ0) is 18.7. The molecule has 26 heavy (non-hydrogen) atoms. The molecule has 1 N–H and O–H groups in total. The fourth-order valence-corrected chi connectivity index (χ4v) is 3.56. The summed E-state index contributed by atoms with van der Waals surface area (Å²) in [5, 5.41) is 4.54. The normalized spacial score (nSPS) is 17.1. The number of carbonyl (C=O) groups is 3. The number of thiophene rings is 1. The van der Waals surface area contributed by atoms with Crippen molar-refractivity contribution in [2.45, 2.75) is 25.9 Å². The first-order chi connectivity index (χ1) is 12.5. The zero-order valence-electron chi connectivity index (χ0n) is 14.1. The molecule has 1 fully saturated rings. The zero-order valence-corrected chi connectivity index (χ0v) is 15.0. The summed E-state index contributed by atoms with van der Waals surface area (Å²) < 4.78 is 13.2. The van der Waals surface area contributed by atoms with E-state index in [0.29, 0.717) is 6.54 Å². The van der Waals surface area contributed by atoms with E-state index in [4.69, 9.17) is 0 Å². The third-order valence-electron chi connectivity index (χ3n) is 4.06. The second-order valence-electron chi connectivity index (χ2n) is 5.81. The molecule has 1 aromatic carbocycles. The topological polar surface area (TPSA) is 69.7 Å². The van der Waals surface area contributed by atoms with E-state index in [1.54, 1.807) is 6.92 Å². The van der Waals surface area contributed by atoms with Crippen LogP contribution < -0.4 is 10.2 Å². The van der Waals surface area contributed by atoms with Gasteiger partial charge in [0.2, 0.25) is 5.91 Å². The quantitative estimate of drug-likeness (QED) is 0.790. The molecular formula is C18H18FN3O3S. The summed E-state index contributed by atoms with van der Waals surface area (Å²) in [4.78, 5) is 41.1. The van der Waals surface area contributed by atoms with Gasteiger partial charge < -0.3 is 10.2 Å². The second-order valence-corrected chi connectivity index (χ2v) is 6.85. The Balaban J connectivity index is 1.90. The van der Waals surface area contributed by atoms with Crippen molar-refractivity contribution >= 4 is 34.9 Å². The van der Waals surface area contributed by atoms with Gasteiger partial charge in [-0.15, -0.1) is 11.3 Å². The first kappa shape index (κ1) is 18.1. The molecule has 0 unspecified atom stereocenters. The van der Waals surface area contributed by atoms with Crippen molar-refractivity contribution in [1.29, 1.82) is 0 Å². The largest absolute Gasteiger partial charge is 0.356 e. The highest BCUT2D eigenvalue weighted by Crippen LogP contribution is 2.29. The van der Waals surface area contributed by atoms with Crippen LogP contribution in [0.1, 0.15) is 18.2 Å². The maximum Gasteiger partial charge on any atom is 0.332 e. The highest BCUT2D eigenvalue weighted by Gasteiger charge is 2.46. The van der Waals surface area contributed by atoms with E-state index < -0.39 is 23.8 Å². The molecule has 0 bridgehead atoms. The highest BCUT2D eigenvalue weighted by atomic mass is 32.1. The highest BCUT2D eigenvalue weighted by molar-refractivity contribution is 7.09. The summed E-state index contributed by atoms with van der Waals surface area (Å²) in [6.07, 6.45) is -0.110. The maximum atomic E-state index is 13.2. The SMILES string of the molecule is CCNC(=O)C[C@@H]1C(=O)N(c2ccc(F)cc2)C(=O)N1Cc1cccs1. The fourth-order valence-electron chi connectivity index (χ4n) is 2.86. The van der Waals surface area contributed by atoms with Gasteiger partial charge >= 0.3 is 6.03 Å². The minimum atomic E-state index is -0.888. The molecule has 0 saturated carbocycles. The number of carbonyl (C=O) groups excluding carboxylic acids is 3. The monoisotopic (exact) mass is 375 g/mol. The second kappa shape index (κ2) is 7.65. The van der Waals surface area contributed by atoms with Crippen LogP contribution in [0.4, 0.5) is 14.9 Å². The van der Waals surface area contributed by atoms with Crippen LogP contribution >= 0.6 is 11.3 Å². The molecule has 1 atom stereocenters. The Hall–Kier alpha value is -2.74. The van der Waals surface area contributed by atoms with Crippen molar-refractivity contribution in [2.75, 3.05) is 11.4 Å². The van der Waals surface area contributed by atoms with Crippen LogP contribution in [-0.4, -0.2) is 35.3 Å². The van der Waals surface area contributed by atoms with Gasteiger partial charge in [-0.3, -0.25) is 9.59 Å². The van der Waals surface area contributed by atoms with Gasteiger partial charge in [0, 0.05) is 11.4 Å². The molecule has 1 aliphatic heterocycles. The number of hydrogen-bond donors (Lipinski definition) is 1. The van der Waals surface area contributed by atoms with Crippen molar-refractivity contribution in [3.63, 3.8) is 0 Å². The number of nitrogens with zero attached hydrogens (tertiary/aromatic N) is 2. The lowest BCUT2D eigenvalue weighted by atomic mass is 10.1. The Morgan fingerprint density at radius 3 is 2.58 bits per heavy atom. The Kier molecular flexibility index (Phi) is 5.32. The number of benzene rings is 1. The molecule has 1 aliphatic rings. The van der Waals surface area contributed by atoms with Crippen LogP contribution in [-0.2, 0) is 16.1 Å². The average Bonchev–Trinajstić information content (AvgIpc) is 3.19. The number of anilines is 1. The van der Waals surface area contributed by atoms with Gasteiger partial charge in [-0.1, -0.05) is 6.07 Å². The Morgan fingerprint density at radius 2 is 1.96 bits per heavy atom. The minimum absolute atomic E-state index is 0.110. The minimum Gasteiger partial charge on any atom is -0.356 e. The Labute approximate surface area is 154 Å². The predicted molar refractivity (Wildman–Crippen MR) is 96.2 cm³/mol. The Morgan fingerprint density at radius 1 is 1.23 bits per heavy atom. The fraction of sp³-hybridized carbons (Fsp3) is 0.278. The number of rotatable bonds is 6. The molecule has 0 radical (unpaired) electrons. The summed E-state index contributed by atoms with van der Waals surface area (Å²) in [5.41, 5.74) is 0.288. The van der Waals surface area contributed by atoms with Gasteiger partial charge in [-0.2, -0.15) is 0 Å². The molecule has 1 saturated heterocycles. The summed E-state index contributed by atoms with van der Waals surface area (Å²) in [5.74, 6) is -1.23. The molecule has 2 heterocycles. The molecular weight excluding hydrogens is 357 g/mol. The molecule has 0 aliphatic carbocycles. The van der Waals surface area contributed by atoms with E-state index in [1.165, 1.54) is 40.5 Å². The van der Waals surface area contributed by atoms with Crippen molar-refractivity contribution in [3.8, 4) is 0 Å². The van der Waals surface area contributed by atoms with E-state index in [9.17, 15) is 18.8 Å². The van der Waals surface area contributed by atoms with Crippen molar-refractivity contribution in [3.05, 3.63) is 52.5 Å². The van der Waals surface area contributed by atoms with Gasteiger partial charge in [0.15, 0.2) is 0 Å². The number of amides is 4. The van der Waals surface area contributed by atoms with Crippen molar-refractivity contribution in [2.24, 2.45) is 0 Å². The predicted octanol–water partition coefficient (Wildman–Crippen LogP) is 2.75. The van der Waals surface area contributed by atoms with E-state index in [-0.39, 0.29) is 24.6 Å². The van der Waals surface area contributed by atoms with Crippen LogP contribution in [0, 0.1) is 5.82 Å². The van der Waals surface area contributed by atoms with E-state index in [2.05, 4.69) is 5.32 Å². The van der Waals surface area contributed by atoms with Crippen LogP contribution in [0.25, 0.3) is 0 Å². The molecule has 3 rings (SSSR count). The first-order valence-electron chi connectivity index (χ1n) is 8.20.